The van der Waals surface area contributed by atoms with Gasteiger partial charge in [0.2, 0.25) is 12.5 Å². The van der Waals surface area contributed by atoms with E-state index in [2.05, 4.69) is 0 Å². The molecule has 1 fully saturated rings. The number of carbonyl (C=O) groups excluding carboxylic acids is 2. The van der Waals surface area contributed by atoms with Crippen molar-refractivity contribution in [1.29, 1.82) is 0 Å². The molecule has 0 bridgehead atoms. The highest BCUT2D eigenvalue weighted by Gasteiger charge is 2.52. The molecular weight excluding hydrogens is 392 g/mol. The maximum Gasteiger partial charge on any atom is 0.310 e. The number of hydrogen-bond acceptors (Lipinski definition) is 8. The van der Waals surface area contributed by atoms with Crippen molar-refractivity contribution in [3.05, 3.63) is 41.0 Å². The average Bonchev–Trinajstić information content (AvgIpc) is 3.38. The Morgan fingerprint density at radius 3 is 2.17 bits per heavy atom. The van der Waals surface area contributed by atoms with Gasteiger partial charge in [0.05, 0.1) is 33.2 Å². The summed E-state index contributed by atoms with van der Waals surface area (Å²) in [5, 5.41) is 0. The van der Waals surface area contributed by atoms with Gasteiger partial charge in [0, 0.05) is 11.5 Å². The number of methoxy groups -OCH3 is 3. The molecule has 1 saturated heterocycles. The van der Waals surface area contributed by atoms with Crippen LogP contribution in [0, 0.1) is 11.8 Å². The highest BCUT2D eigenvalue weighted by molar-refractivity contribution is 6.05. The molecule has 0 radical (unpaired) electrons. The van der Waals surface area contributed by atoms with Gasteiger partial charge in [-0.05, 0) is 35.4 Å². The van der Waals surface area contributed by atoms with Gasteiger partial charge in [0.1, 0.15) is 6.61 Å². The third-order valence-electron chi connectivity index (χ3n) is 6.00. The van der Waals surface area contributed by atoms with Crippen LogP contribution in [0.5, 0.6) is 28.7 Å². The van der Waals surface area contributed by atoms with E-state index in [9.17, 15) is 9.59 Å². The maximum absolute atomic E-state index is 13.2. The van der Waals surface area contributed by atoms with E-state index < -0.39 is 23.7 Å². The highest BCUT2D eigenvalue weighted by Crippen LogP contribution is 2.52. The minimum atomic E-state index is -0.645. The van der Waals surface area contributed by atoms with Crippen molar-refractivity contribution in [2.45, 2.75) is 5.92 Å². The van der Waals surface area contributed by atoms with Crippen molar-refractivity contribution in [2.24, 2.45) is 11.8 Å². The molecule has 2 aromatic rings. The third-order valence-corrected chi connectivity index (χ3v) is 6.00. The first kappa shape index (κ1) is 18.6. The molecule has 2 heterocycles. The summed E-state index contributed by atoms with van der Waals surface area (Å²) in [7, 11) is 4.59. The summed E-state index contributed by atoms with van der Waals surface area (Å²) in [6.07, 6.45) is 0. The van der Waals surface area contributed by atoms with E-state index in [1.165, 1.54) is 21.3 Å². The summed E-state index contributed by atoms with van der Waals surface area (Å²) < 4.78 is 32.7. The standard InChI is InChI=1S/C22H20O8/c1-25-16-4-10(5-17(26-2)21(16)27-3)18-11-6-14-15(30-9-29-14)7-12(11)20(23)13-8-28-22(24)19(13)18/h4-7,13,18-19H,8-9H2,1-3H3/t13-,18?,19-/m0/s1. The van der Waals surface area contributed by atoms with Crippen molar-refractivity contribution in [3.8, 4) is 28.7 Å². The fraction of sp³-hybridized carbons (Fsp3) is 0.364. The van der Waals surface area contributed by atoms with E-state index >= 15 is 0 Å². The van der Waals surface area contributed by atoms with E-state index in [0.717, 1.165) is 5.56 Å². The third kappa shape index (κ3) is 2.52. The second-order valence-electron chi connectivity index (χ2n) is 7.36. The van der Waals surface area contributed by atoms with Crippen LogP contribution in [0.3, 0.4) is 0 Å². The number of ether oxygens (including phenoxy) is 6. The lowest BCUT2D eigenvalue weighted by Crippen LogP contribution is -2.36. The van der Waals surface area contributed by atoms with Crippen LogP contribution in [0.2, 0.25) is 0 Å². The minimum absolute atomic E-state index is 0.0666. The van der Waals surface area contributed by atoms with Crippen molar-refractivity contribution in [2.75, 3.05) is 34.7 Å². The summed E-state index contributed by atoms with van der Waals surface area (Å²) in [6.45, 7) is 0.160. The zero-order valence-corrected chi connectivity index (χ0v) is 16.7. The molecule has 0 amide bonds. The first-order chi connectivity index (χ1) is 14.6. The number of Topliss-reactive ketones (excluding diaryl/α,β-unsaturated/α-hetero) is 1. The lowest BCUT2D eigenvalue weighted by molar-refractivity contribution is -0.141. The quantitative estimate of drug-likeness (QED) is 0.708. The number of carbonyl (C=O) groups is 2. The predicted molar refractivity (Wildman–Crippen MR) is 103 cm³/mol. The topological polar surface area (TPSA) is 89.5 Å². The van der Waals surface area contributed by atoms with E-state index in [1.54, 1.807) is 24.3 Å². The molecule has 0 aromatic heterocycles. The van der Waals surface area contributed by atoms with E-state index in [4.69, 9.17) is 28.4 Å². The number of ketones is 1. The molecule has 5 rings (SSSR count). The van der Waals surface area contributed by atoms with Gasteiger partial charge in [0.25, 0.3) is 0 Å². The van der Waals surface area contributed by atoms with Crippen LogP contribution >= 0.6 is 0 Å². The Morgan fingerprint density at radius 1 is 0.867 bits per heavy atom. The van der Waals surface area contributed by atoms with E-state index in [1.807, 2.05) is 0 Å². The molecule has 2 aliphatic heterocycles. The summed E-state index contributed by atoms with van der Waals surface area (Å²) >= 11 is 0. The largest absolute Gasteiger partial charge is 0.493 e. The molecule has 0 N–H and O–H groups in total. The molecule has 0 saturated carbocycles. The smallest absolute Gasteiger partial charge is 0.310 e. The van der Waals surface area contributed by atoms with Crippen LogP contribution in [0.1, 0.15) is 27.4 Å². The van der Waals surface area contributed by atoms with Crippen LogP contribution in [-0.2, 0) is 9.53 Å². The Bertz CT molecular complexity index is 1030. The van der Waals surface area contributed by atoms with Crippen molar-refractivity contribution in [1.82, 2.24) is 0 Å². The van der Waals surface area contributed by atoms with Gasteiger partial charge < -0.3 is 28.4 Å². The number of cyclic esters (lactones) is 1. The molecule has 0 spiro atoms. The zero-order valence-electron chi connectivity index (χ0n) is 16.7. The van der Waals surface area contributed by atoms with Gasteiger partial charge in [-0.15, -0.1) is 0 Å². The molecule has 30 heavy (non-hydrogen) atoms. The number of esters is 1. The normalized spacial score (nSPS) is 23.5. The molecule has 3 aliphatic rings. The van der Waals surface area contributed by atoms with Crippen LogP contribution in [0.4, 0.5) is 0 Å². The van der Waals surface area contributed by atoms with Gasteiger partial charge in [-0.3, -0.25) is 9.59 Å². The molecular formula is C22H20O8. The highest BCUT2D eigenvalue weighted by atomic mass is 16.7. The molecule has 1 aliphatic carbocycles. The number of fused-ring (bicyclic) bond motifs is 3. The maximum atomic E-state index is 13.2. The van der Waals surface area contributed by atoms with Crippen LogP contribution in [0.15, 0.2) is 24.3 Å². The summed E-state index contributed by atoms with van der Waals surface area (Å²) in [4.78, 5) is 25.9. The lowest BCUT2D eigenvalue weighted by atomic mass is 9.67. The fourth-order valence-electron chi connectivity index (χ4n) is 4.63. The zero-order chi connectivity index (χ0) is 21.0. The predicted octanol–water partition coefficient (Wildman–Crippen LogP) is 2.56. The second-order valence-corrected chi connectivity index (χ2v) is 7.36. The molecule has 8 heteroatoms. The number of benzene rings is 2. The van der Waals surface area contributed by atoms with Gasteiger partial charge >= 0.3 is 5.97 Å². The summed E-state index contributed by atoms with van der Waals surface area (Å²) in [5.74, 6) is 0.287. The molecule has 2 aromatic carbocycles. The first-order valence-corrected chi connectivity index (χ1v) is 9.51. The van der Waals surface area contributed by atoms with E-state index in [-0.39, 0.29) is 19.2 Å². The Hall–Kier alpha value is -3.42. The SMILES string of the molecule is COc1cc(C2c3cc4c(cc3C(=O)[C@H]3COC(=O)[C@H]23)OCO4)cc(OC)c1OC. The minimum Gasteiger partial charge on any atom is -0.493 e. The monoisotopic (exact) mass is 412 g/mol. The fourth-order valence-corrected chi connectivity index (χ4v) is 4.63. The molecule has 8 nitrogen and oxygen atoms in total. The van der Waals surface area contributed by atoms with Gasteiger partial charge in [-0.1, -0.05) is 0 Å². The summed E-state index contributed by atoms with van der Waals surface area (Å²) in [6, 6.07) is 7.09. The van der Waals surface area contributed by atoms with Gasteiger partial charge in [-0.25, -0.2) is 0 Å². The number of rotatable bonds is 4. The summed E-state index contributed by atoms with van der Waals surface area (Å²) in [5.41, 5.74) is 1.96. The molecule has 156 valence electrons. The Balaban J connectivity index is 1.75. The van der Waals surface area contributed by atoms with Gasteiger partial charge in [0.15, 0.2) is 28.8 Å². The van der Waals surface area contributed by atoms with Crippen molar-refractivity contribution in [3.63, 3.8) is 0 Å². The van der Waals surface area contributed by atoms with Gasteiger partial charge in [-0.2, -0.15) is 0 Å². The Morgan fingerprint density at radius 2 is 1.53 bits per heavy atom. The average molecular weight is 412 g/mol. The Labute approximate surface area is 172 Å². The van der Waals surface area contributed by atoms with E-state index in [0.29, 0.717) is 39.9 Å². The molecule has 1 unspecified atom stereocenters. The molecule has 3 atom stereocenters. The second kappa shape index (κ2) is 6.83. The first-order valence-electron chi connectivity index (χ1n) is 9.51. The van der Waals surface area contributed by atoms with Crippen LogP contribution in [-0.4, -0.2) is 46.5 Å². The number of hydrogen-bond donors (Lipinski definition) is 0. The lowest BCUT2D eigenvalue weighted by Gasteiger charge is -2.33. The van der Waals surface area contributed by atoms with Crippen molar-refractivity contribution >= 4 is 11.8 Å². The van der Waals surface area contributed by atoms with Crippen molar-refractivity contribution < 1.29 is 38.0 Å². The van der Waals surface area contributed by atoms with Crippen LogP contribution < -0.4 is 23.7 Å². The van der Waals surface area contributed by atoms with Crippen LogP contribution in [0.25, 0.3) is 0 Å². The Kier molecular flexibility index (Phi) is 4.23.